The van der Waals surface area contributed by atoms with Gasteiger partial charge in [0, 0.05) is 22.6 Å². The molecule has 1 saturated carbocycles. The van der Waals surface area contributed by atoms with Crippen LogP contribution in [0.25, 0.3) is 0 Å². The third-order valence-electron chi connectivity index (χ3n) is 5.78. The molecule has 7 heteroatoms. The topological polar surface area (TPSA) is 58.6 Å². The maximum Gasteiger partial charge on any atom is 0.261 e. The fourth-order valence-corrected chi connectivity index (χ4v) is 4.26. The van der Waals surface area contributed by atoms with E-state index in [4.69, 9.17) is 27.9 Å². The molecule has 2 aromatic rings. The minimum atomic E-state index is -0.575. The molecule has 32 heavy (non-hydrogen) atoms. The van der Waals surface area contributed by atoms with Crippen LogP contribution in [0.15, 0.2) is 48.5 Å². The van der Waals surface area contributed by atoms with Crippen molar-refractivity contribution in [2.75, 3.05) is 6.61 Å². The van der Waals surface area contributed by atoms with E-state index in [1.807, 2.05) is 19.1 Å². The molecule has 0 heterocycles. The Morgan fingerprint density at radius 1 is 1.00 bits per heavy atom. The van der Waals surface area contributed by atoms with Gasteiger partial charge in [-0.25, -0.2) is 0 Å². The van der Waals surface area contributed by atoms with Crippen molar-refractivity contribution >= 4 is 35.0 Å². The fourth-order valence-electron chi connectivity index (χ4n) is 4.01. The van der Waals surface area contributed by atoms with Crippen molar-refractivity contribution in [3.63, 3.8) is 0 Å². The molecule has 1 aliphatic carbocycles. The smallest absolute Gasteiger partial charge is 0.261 e. The van der Waals surface area contributed by atoms with E-state index in [1.54, 1.807) is 41.3 Å². The molecule has 2 aromatic carbocycles. The predicted molar refractivity (Wildman–Crippen MR) is 128 cm³/mol. The number of ether oxygens (including phenoxy) is 1. The highest BCUT2D eigenvalue weighted by Gasteiger charge is 2.30. The first-order chi connectivity index (χ1) is 15.5. The average molecular weight is 477 g/mol. The number of halogens is 2. The number of rotatable bonds is 9. The number of benzene rings is 2. The molecule has 0 aromatic heterocycles. The van der Waals surface area contributed by atoms with Crippen LogP contribution in [-0.2, 0) is 16.1 Å². The van der Waals surface area contributed by atoms with E-state index < -0.39 is 6.04 Å². The number of nitrogens with one attached hydrogen (secondary N) is 1. The van der Waals surface area contributed by atoms with Gasteiger partial charge in [0.25, 0.3) is 5.91 Å². The lowest BCUT2D eigenvalue weighted by Gasteiger charge is -2.32. The van der Waals surface area contributed by atoms with Gasteiger partial charge in [0.15, 0.2) is 6.61 Å². The van der Waals surface area contributed by atoms with Crippen LogP contribution in [-0.4, -0.2) is 35.4 Å². The number of hydrogen-bond acceptors (Lipinski definition) is 3. The van der Waals surface area contributed by atoms with Crippen molar-refractivity contribution in [3.05, 3.63) is 64.1 Å². The maximum absolute atomic E-state index is 13.2. The van der Waals surface area contributed by atoms with E-state index in [-0.39, 0.29) is 24.5 Å². The molecule has 1 N–H and O–H groups in total. The summed E-state index contributed by atoms with van der Waals surface area (Å²) in [5.41, 5.74) is 0.901. The number of amides is 2. The largest absolute Gasteiger partial charge is 0.484 e. The van der Waals surface area contributed by atoms with Crippen LogP contribution in [0.5, 0.6) is 5.75 Å². The van der Waals surface area contributed by atoms with Gasteiger partial charge in [0.2, 0.25) is 5.91 Å². The van der Waals surface area contributed by atoms with Gasteiger partial charge in [-0.3, -0.25) is 9.59 Å². The summed E-state index contributed by atoms with van der Waals surface area (Å²) in [6.45, 7) is 2.06. The lowest BCUT2D eigenvalue weighted by atomic mass is 9.95. The zero-order valence-corrected chi connectivity index (χ0v) is 19.9. The number of carbonyl (C=O) groups excluding carboxylic acids is 2. The van der Waals surface area contributed by atoms with Crippen LogP contribution in [0.2, 0.25) is 10.0 Å². The average Bonchev–Trinajstić information content (AvgIpc) is 2.80. The van der Waals surface area contributed by atoms with Crippen molar-refractivity contribution in [1.82, 2.24) is 10.2 Å². The highest BCUT2D eigenvalue weighted by Crippen LogP contribution is 2.20. The van der Waals surface area contributed by atoms with Gasteiger partial charge < -0.3 is 15.0 Å². The van der Waals surface area contributed by atoms with Gasteiger partial charge in [-0.2, -0.15) is 0 Å². The van der Waals surface area contributed by atoms with Crippen molar-refractivity contribution in [2.24, 2.45) is 0 Å². The summed E-state index contributed by atoms with van der Waals surface area (Å²) < 4.78 is 5.68. The van der Waals surface area contributed by atoms with Crippen LogP contribution in [0.4, 0.5) is 0 Å². The van der Waals surface area contributed by atoms with Gasteiger partial charge in [-0.15, -0.1) is 0 Å². The SMILES string of the molecule is CCC(C(=O)NC1CCCCC1)N(Cc1ccc(Cl)cc1)C(=O)COc1ccc(Cl)cc1. The van der Waals surface area contributed by atoms with Gasteiger partial charge in [0.05, 0.1) is 0 Å². The zero-order valence-electron chi connectivity index (χ0n) is 18.4. The van der Waals surface area contributed by atoms with Crippen LogP contribution in [0, 0.1) is 0 Å². The van der Waals surface area contributed by atoms with Crippen LogP contribution in [0.1, 0.15) is 51.0 Å². The molecular formula is C25H30Cl2N2O3. The first kappa shape index (κ1) is 24.4. The summed E-state index contributed by atoms with van der Waals surface area (Å²) in [6, 6.07) is 13.8. The first-order valence-electron chi connectivity index (χ1n) is 11.2. The molecule has 172 valence electrons. The van der Waals surface area contributed by atoms with E-state index in [9.17, 15) is 9.59 Å². The van der Waals surface area contributed by atoms with Crippen molar-refractivity contribution < 1.29 is 14.3 Å². The Bertz CT molecular complexity index is 881. The summed E-state index contributed by atoms with van der Waals surface area (Å²) >= 11 is 11.9. The molecule has 3 rings (SSSR count). The molecule has 1 atom stereocenters. The second-order valence-corrected chi connectivity index (χ2v) is 9.03. The summed E-state index contributed by atoms with van der Waals surface area (Å²) in [4.78, 5) is 28.0. The van der Waals surface area contributed by atoms with E-state index in [0.717, 1.165) is 31.2 Å². The fraction of sp³-hybridized carbons (Fsp3) is 0.440. The third-order valence-corrected chi connectivity index (χ3v) is 6.28. The van der Waals surface area contributed by atoms with Gasteiger partial charge in [0.1, 0.15) is 11.8 Å². The van der Waals surface area contributed by atoms with Crippen LogP contribution < -0.4 is 10.1 Å². The van der Waals surface area contributed by atoms with E-state index in [2.05, 4.69) is 5.32 Å². The van der Waals surface area contributed by atoms with Gasteiger partial charge >= 0.3 is 0 Å². The molecule has 0 spiro atoms. The quantitative estimate of drug-likeness (QED) is 0.510. The lowest BCUT2D eigenvalue weighted by Crippen LogP contribution is -2.52. The van der Waals surface area contributed by atoms with Crippen LogP contribution >= 0.6 is 23.2 Å². The minimum absolute atomic E-state index is 0.104. The zero-order chi connectivity index (χ0) is 22.9. The van der Waals surface area contributed by atoms with Gasteiger partial charge in [-0.1, -0.05) is 61.5 Å². The van der Waals surface area contributed by atoms with E-state index in [0.29, 0.717) is 28.8 Å². The highest BCUT2D eigenvalue weighted by molar-refractivity contribution is 6.30. The Morgan fingerprint density at radius 3 is 2.19 bits per heavy atom. The summed E-state index contributed by atoms with van der Waals surface area (Å²) in [5, 5.41) is 4.39. The predicted octanol–water partition coefficient (Wildman–Crippen LogP) is 5.63. The molecule has 5 nitrogen and oxygen atoms in total. The summed E-state index contributed by atoms with van der Waals surface area (Å²) in [6.07, 6.45) is 5.97. The van der Waals surface area contributed by atoms with Crippen molar-refractivity contribution in [1.29, 1.82) is 0 Å². The Kier molecular flexibility index (Phi) is 9.24. The number of carbonyl (C=O) groups is 2. The van der Waals surface area contributed by atoms with E-state index >= 15 is 0 Å². The first-order valence-corrected chi connectivity index (χ1v) is 11.9. The monoisotopic (exact) mass is 476 g/mol. The molecule has 1 unspecified atom stereocenters. The Labute approximate surface area is 200 Å². The number of nitrogens with zero attached hydrogens (tertiary/aromatic N) is 1. The molecule has 1 aliphatic rings. The Morgan fingerprint density at radius 2 is 1.59 bits per heavy atom. The minimum Gasteiger partial charge on any atom is -0.484 e. The Hall–Kier alpha value is -2.24. The lowest BCUT2D eigenvalue weighted by molar-refractivity contribution is -0.143. The van der Waals surface area contributed by atoms with Crippen LogP contribution in [0.3, 0.4) is 0 Å². The second kappa shape index (κ2) is 12.1. The molecule has 0 aliphatic heterocycles. The molecular weight excluding hydrogens is 447 g/mol. The maximum atomic E-state index is 13.2. The third kappa shape index (κ3) is 7.14. The molecule has 2 amide bonds. The second-order valence-electron chi connectivity index (χ2n) is 8.16. The molecule has 0 saturated heterocycles. The normalized spacial score (nSPS) is 15.1. The molecule has 1 fully saturated rings. The summed E-state index contributed by atoms with van der Waals surface area (Å²) in [7, 11) is 0. The summed E-state index contributed by atoms with van der Waals surface area (Å²) in [5.74, 6) is 0.197. The number of hydrogen-bond donors (Lipinski definition) is 1. The molecule has 0 bridgehead atoms. The highest BCUT2D eigenvalue weighted by atomic mass is 35.5. The molecule has 0 radical (unpaired) electrons. The Balaban J connectivity index is 1.73. The van der Waals surface area contributed by atoms with Crippen molar-refractivity contribution in [3.8, 4) is 5.75 Å². The van der Waals surface area contributed by atoms with Gasteiger partial charge in [-0.05, 0) is 61.2 Å². The van der Waals surface area contributed by atoms with E-state index in [1.165, 1.54) is 6.42 Å². The van der Waals surface area contributed by atoms with Crippen molar-refractivity contribution in [2.45, 2.75) is 64.1 Å². The standard InChI is InChI=1S/C25H30Cl2N2O3/c1-2-23(25(31)28-21-6-4-3-5-7-21)29(16-18-8-10-19(26)11-9-18)24(30)17-32-22-14-12-20(27)13-15-22/h8-15,21,23H,2-7,16-17H2,1H3,(H,28,31).